The van der Waals surface area contributed by atoms with Crippen molar-refractivity contribution in [1.29, 1.82) is 5.26 Å². The zero-order valence-electron chi connectivity index (χ0n) is 16.9. The molecule has 1 amide bonds. The second-order valence-corrected chi connectivity index (χ2v) is 11.2. The number of hydrogen-bond acceptors (Lipinski definition) is 9. The average Bonchev–Trinajstić information content (AvgIpc) is 3.44. The number of carbonyl (C=O) groups excluding carboxylic acids is 1. The number of fused-ring (bicyclic) bond motifs is 1. The summed E-state index contributed by atoms with van der Waals surface area (Å²) in [7, 11) is 0. The second kappa shape index (κ2) is 10.1. The third-order valence-electron chi connectivity index (χ3n) is 5.33. The Hall–Kier alpha value is -1.67. The third kappa shape index (κ3) is 5.14. The van der Waals surface area contributed by atoms with E-state index in [4.69, 9.17) is 4.74 Å². The van der Waals surface area contributed by atoms with Crippen LogP contribution in [0, 0.1) is 11.3 Å². The lowest BCUT2D eigenvalue weighted by Crippen LogP contribution is -2.22. The molecule has 10 heteroatoms. The zero-order chi connectivity index (χ0) is 20.9. The smallest absolute Gasteiger partial charge is 0.238 e. The fourth-order valence-corrected chi connectivity index (χ4v) is 6.85. The van der Waals surface area contributed by atoms with Gasteiger partial charge in [-0.1, -0.05) is 29.5 Å². The second-order valence-electron chi connectivity index (χ2n) is 7.52. The summed E-state index contributed by atoms with van der Waals surface area (Å²) in [6.07, 6.45) is 7.82. The quantitative estimate of drug-likeness (QED) is 0.462. The molecular formula is C20H25N5O2S3. The van der Waals surface area contributed by atoms with Gasteiger partial charge in [0.15, 0.2) is 4.34 Å². The van der Waals surface area contributed by atoms with Gasteiger partial charge in [0.1, 0.15) is 11.1 Å². The number of nitriles is 1. The molecule has 1 fully saturated rings. The highest BCUT2D eigenvalue weighted by molar-refractivity contribution is 8.02. The van der Waals surface area contributed by atoms with Crippen molar-refractivity contribution in [1.82, 2.24) is 10.2 Å². The van der Waals surface area contributed by atoms with Gasteiger partial charge in [0, 0.05) is 18.0 Å². The van der Waals surface area contributed by atoms with Crippen molar-refractivity contribution in [3.8, 4) is 6.07 Å². The molecule has 7 nitrogen and oxygen atoms in total. The number of nitrogens with one attached hydrogen (secondary N) is 2. The van der Waals surface area contributed by atoms with Crippen LogP contribution < -0.4 is 10.6 Å². The molecule has 2 N–H and O–H groups in total. The highest BCUT2D eigenvalue weighted by atomic mass is 32.2. The minimum Gasteiger partial charge on any atom is -0.376 e. The molecule has 0 radical (unpaired) electrons. The first-order valence-corrected chi connectivity index (χ1v) is 12.9. The van der Waals surface area contributed by atoms with Crippen LogP contribution in [0.2, 0.25) is 0 Å². The summed E-state index contributed by atoms with van der Waals surface area (Å²) in [5.41, 5.74) is 1.79. The van der Waals surface area contributed by atoms with Crippen molar-refractivity contribution >= 4 is 50.5 Å². The fraction of sp³-hybridized carbons (Fsp3) is 0.600. The molecule has 3 heterocycles. The largest absolute Gasteiger partial charge is 0.376 e. The van der Waals surface area contributed by atoms with Gasteiger partial charge in [-0.3, -0.25) is 4.79 Å². The Kier molecular flexibility index (Phi) is 7.25. The first-order valence-electron chi connectivity index (χ1n) is 10.3. The maximum absolute atomic E-state index is 12.8. The van der Waals surface area contributed by atoms with Crippen molar-refractivity contribution in [2.45, 2.75) is 67.6 Å². The molecule has 2 atom stereocenters. The van der Waals surface area contributed by atoms with Crippen LogP contribution in [0.5, 0.6) is 0 Å². The number of aryl methyl sites for hydroxylation is 1. The van der Waals surface area contributed by atoms with Gasteiger partial charge < -0.3 is 15.4 Å². The lowest BCUT2D eigenvalue weighted by Gasteiger charge is -2.09. The zero-order valence-corrected chi connectivity index (χ0v) is 19.4. The molecule has 1 aliphatic heterocycles. The molecule has 2 aromatic rings. The van der Waals surface area contributed by atoms with Crippen LogP contribution in [0.3, 0.4) is 0 Å². The predicted molar refractivity (Wildman–Crippen MR) is 122 cm³/mol. The molecule has 1 saturated heterocycles. The molecule has 0 bridgehead atoms. The number of thiophene rings is 1. The van der Waals surface area contributed by atoms with E-state index >= 15 is 0 Å². The van der Waals surface area contributed by atoms with Crippen molar-refractivity contribution in [3.05, 3.63) is 16.0 Å². The SMILES string of the molecule is C[C@@H](Sc1nnc(NC[C@H]2CCCO2)s1)C(=O)Nc1sc2c(c1C#N)CCCCC2. The Morgan fingerprint density at radius 2 is 2.17 bits per heavy atom. The molecule has 1 aliphatic carbocycles. The van der Waals surface area contributed by atoms with Crippen LogP contribution in [-0.2, 0) is 22.4 Å². The van der Waals surface area contributed by atoms with Gasteiger partial charge in [-0.25, -0.2) is 0 Å². The van der Waals surface area contributed by atoms with E-state index in [9.17, 15) is 10.1 Å². The summed E-state index contributed by atoms with van der Waals surface area (Å²) in [5.74, 6) is -0.114. The third-order valence-corrected chi connectivity index (χ3v) is 8.60. The van der Waals surface area contributed by atoms with Crippen molar-refractivity contribution in [2.24, 2.45) is 0 Å². The first kappa shape index (κ1) is 21.6. The molecular weight excluding hydrogens is 438 g/mol. The van der Waals surface area contributed by atoms with Crippen LogP contribution >= 0.6 is 34.4 Å². The number of amides is 1. The van der Waals surface area contributed by atoms with Crippen LogP contribution in [0.25, 0.3) is 0 Å². The summed E-state index contributed by atoms with van der Waals surface area (Å²) in [4.78, 5) is 14.0. The fourth-order valence-electron chi connectivity index (χ4n) is 3.70. The van der Waals surface area contributed by atoms with E-state index in [1.165, 1.54) is 34.4 Å². The molecule has 4 rings (SSSR count). The van der Waals surface area contributed by atoms with Gasteiger partial charge >= 0.3 is 0 Å². The van der Waals surface area contributed by atoms with Crippen LogP contribution in [0.15, 0.2) is 4.34 Å². The van der Waals surface area contributed by atoms with Crippen LogP contribution in [0.1, 0.15) is 55.0 Å². The standard InChI is InChI=1S/C20H25N5O2S3/c1-12(28-20-25-24-19(30-20)22-11-13-6-5-9-27-13)17(26)23-18-15(10-21)14-7-3-2-4-8-16(14)29-18/h12-13H,2-9,11H2,1H3,(H,22,24)(H,23,26)/t12-,13-/m1/s1. The summed E-state index contributed by atoms with van der Waals surface area (Å²) in [5, 5.41) is 25.3. The van der Waals surface area contributed by atoms with E-state index in [1.807, 2.05) is 6.92 Å². The highest BCUT2D eigenvalue weighted by Gasteiger charge is 2.24. The number of rotatable bonds is 7. The number of ether oxygens (including phenoxy) is 1. The summed E-state index contributed by atoms with van der Waals surface area (Å²) >= 11 is 4.39. The normalized spacial score (nSPS) is 19.5. The number of carbonyl (C=O) groups is 1. The van der Waals surface area contributed by atoms with Gasteiger partial charge in [0.25, 0.3) is 0 Å². The van der Waals surface area contributed by atoms with E-state index in [0.717, 1.165) is 66.7 Å². The van der Waals surface area contributed by atoms with Crippen LogP contribution in [0.4, 0.5) is 10.1 Å². The Labute approximate surface area is 188 Å². The van der Waals surface area contributed by atoms with E-state index in [1.54, 1.807) is 11.3 Å². The summed E-state index contributed by atoms with van der Waals surface area (Å²) in [6, 6.07) is 2.32. The maximum Gasteiger partial charge on any atom is 0.238 e. The van der Waals surface area contributed by atoms with E-state index in [-0.39, 0.29) is 17.3 Å². The number of thioether (sulfide) groups is 1. The van der Waals surface area contributed by atoms with Crippen molar-refractivity contribution in [3.63, 3.8) is 0 Å². The Balaban J connectivity index is 1.34. The van der Waals surface area contributed by atoms with Gasteiger partial charge in [0.05, 0.1) is 16.9 Å². The van der Waals surface area contributed by atoms with Crippen molar-refractivity contribution < 1.29 is 9.53 Å². The van der Waals surface area contributed by atoms with E-state index in [0.29, 0.717) is 10.6 Å². The molecule has 30 heavy (non-hydrogen) atoms. The van der Waals surface area contributed by atoms with Crippen molar-refractivity contribution in [2.75, 3.05) is 23.8 Å². The number of hydrogen-bond donors (Lipinski definition) is 2. The Morgan fingerprint density at radius 1 is 1.30 bits per heavy atom. The Morgan fingerprint density at radius 3 is 2.97 bits per heavy atom. The molecule has 2 aromatic heterocycles. The predicted octanol–water partition coefficient (Wildman–Crippen LogP) is 4.45. The number of nitrogens with zero attached hydrogens (tertiary/aromatic N) is 3. The maximum atomic E-state index is 12.8. The molecule has 0 saturated carbocycles. The van der Waals surface area contributed by atoms with Gasteiger partial charge in [-0.15, -0.1) is 21.5 Å². The summed E-state index contributed by atoms with van der Waals surface area (Å²) in [6.45, 7) is 3.41. The van der Waals surface area contributed by atoms with Crippen LogP contribution in [-0.4, -0.2) is 40.6 Å². The van der Waals surface area contributed by atoms with E-state index in [2.05, 4.69) is 26.9 Å². The molecule has 160 valence electrons. The van der Waals surface area contributed by atoms with Gasteiger partial charge in [-0.2, -0.15) is 5.26 Å². The molecule has 0 aromatic carbocycles. The van der Waals surface area contributed by atoms with E-state index < -0.39 is 0 Å². The molecule has 2 aliphatic rings. The molecule has 0 spiro atoms. The monoisotopic (exact) mass is 463 g/mol. The topological polar surface area (TPSA) is 99.9 Å². The average molecular weight is 464 g/mol. The highest BCUT2D eigenvalue weighted by Crippen LogP contribution is 2.37. The lowest BCUT2D eigenvalue weighted by molar-refractivity contribution is -0.115. The molecule has 0 unspecified atom stereocenters. The van der Waals surface area contributed by atoms with Gasteiger partial charge in [0.2, 0.25) is 11.0 Å². The number of aromatic nitrogens is 2. The van der Waals surface area contributed by atoms with Gasteiger partial charge in [-0.05, 0) is 51.0 Å². The number of anilines is 2. The summed E-state index contributed by atoms with van der Waals surface area (Å²) < 4.78 is 6.35. The minimum absolute atomic E-state index is 0.114. The Bertz CT molecular complexity index is 930. The minimum atomic E-state index is -0.336. The first-order chi connectivity index (χ1) is 14.6. The lowest BCUT2D eigenvalue weighted by atomic mass is 10.1.